The Morgan fingerprint density at radius 1 is 1.47 bits per heavy atom. The van der Waals surface area contributed by atoms with Crippen LogP contribution < -0.4 is 5.73 Å². The van der Waals surface area contributed by atoms with Crippen molar-refractivity contribution in [3.63, 3.8) is 0 Å². The highest BCUT2D eigenvalue weighted by molar-refractivity contribution is 5.72. The standard InChI is InChI=1S/C15H22N2O2/c1-9(2)10-3-4-11(15(18)19)12(7-10)13-8-17-6-5-14(13)16/h5-6,8-12H,3-4,7H2,1-2H3,(H2,16,17)(H,18,19). The average molecular weight is 262 g/mol. The number of hydrogen-bond donors (Lipinski definition) is 2. The maximum Gasteiger partial charge on any atom is 0.307 e. The third kappa shape index (κ3) is 2.88. The summed E-state index contributed by atoms with van der Waals surface area (Å²) in [5, 5.41) is 9.42. The molecule has 3 unspecified atom stereocenters. The molecule has 4 heteroatoms. The summed E-state index contributed by atoms with van der Waals surface area (Å²) in [5.74, 6) is 0.0969. The molecule has 1 saturated carbocycles. The Labute approximate surface area is 114 Å². The van der Waals surface area contributed by atoms with Crippen LogP contribution in [0, 0.1) is 17.8 Å². The van der Waals surface area contributed by atoms with Crippen molar-refractivity contribution in [2.24, 2.45) is 17.8 Å². The van der Waals surface area contributed by atoms with Gasteiger partial charge in [-0.1, -0.05) is 13.8 Å². The minimum Gasteiger partial charge on any atom is -0.481 e. The maximum atomic E-state index is 11.5. The highest BCUT2D eigenvalue weighted by Crippen LogP contribution is 2.44. The molecule has 0 aromatic carbocycles. The second kappa shape index (κ2) is 5.59. The quantitative estimate of drug-likeness (QED) is 0.878. The van der Waals surface area contributed by atoms with Gasteiger partial charge in [0.1, 0.15) is 0 Å². The van der Waals surface area contributed by atoms with Gasteiger partial charge in [-0.15, -0.1) is 0 Å². The van der Waals surface area contributed by atoms with Crippen molar-refractivity contribution in [3.05, 3.63) is 24.0 Å². The molecular weight excluding hydrogens is 240 g/mol. The van der Waals surface area contributed by atoms with Crippen LogP contribution in [0.3, 0.4) is 0 Å². The topological polar surface area (TPSA) is 76.2 Å². The van der Waals surface area contributed by atoms with Crippen LogP contribution in [-0.2, 0) is 4.79 Å². The monoisotopic (exact) mass is 262 g/mol. The van der Waals surface area contributed by atoms with Gasteiger partial charge >= 0.3 is 5.97 Å². The first-order valence-electron chi connectivity index (χ1n) is 6.93. The fourth-order valence-corrected chi connectivity index (χ4v) is 3.18. The molecule has 3 N–H and O–H groups in total. The van der Waals surface area contributed by atoms with Gasteiger partial charge in [0.05, 0.1) is 5.92 Å². The largest absolute Gasteiger partial charge is 0.481 e. The first kappa shape index (κ1) is 13.8. The number of rotatable bonds is 3. The molecule has 1 aromatic heterocycles. The van der Waals surface area contributed by atoms with Crippen molar-refractivity contribution in [2.75, 3.05) is 5.73 Å². The fourth-order valence-electron chi connectivity index (χ4n) is 3.18. The molecule has 19 heavy (non-hydrogen) atoms. The van der Waals surface area contributed by atoms with Gasteiger partial charge in [0.15, 0.2) is 0 Å². The molecule has 104 valence electrons. The molecule has 0 saturated heterocycles. The van der Waals surface area contributed by atoms with Gasteiger partial charge in [0.2, 0.25) is 0 Å². The fraction of sp³-hybridized carbons (Fsp3) is 0.600. The van der Waals surface area contributed by atoms with Crippen LogP contribution >= 0.6 is 0 Å². The molecule has 4 nitrogen and oxygen atoms in total. The van der Waals surface area contributed by atoms with Crippen molar-refractivity contribution in [1.29, 1.82) is 0 Å². The maximum absolute atomic E-state index is 11.5. The molecule has 1 aliphatic rings. The number of carbonyl (C=O) groups is 1. The normalized spacial score (nSPS) is 27.4. The Hall–Kier alpha value is -1.58. The Morgan fingerprint density at radius 3 is 2.79 bits per heavy atom. The second-order valence-corrected chi connectivity index (χ2v) is 5.87. The number of hydrogen-bond acceptors (Lipinski definition) is 3. The van der Waals surface area contributed by atoms with Gasteiger partial charge in [-0.05, 0) is 42.7 Å². The van der Waals surface area contributed by atoms with E-state index in [1.165, 1.54) is 0 Å². The predicted octanol–water partition coefficient (Wildman–Crippen LogP) is 2.90. The zero-order chi connectivity index (χ0) is 14.0. The number of nitrogens with two attached hydrogens (primary N) is 1. The molecule has 2 rings (SSSR count). The van der Waals surface area contributed by atoms with E-state index in [4.69, 9.17) is 5.73 Å². The highest BCUT2D eigenvalue weighted by atomic mass is 16.4. The summed E-state index contributed by atoms with van der Waals surface area (Å²) in [5.41, 5.74) is 7.57. The lowest BCUT2D eigenvalue weighted by molar-refractivity contribution is -0.144. The van der Waals surface area contributed by atoms with Crippen molar-refractivity contribution in [2.45, 2.75) is 39.0 Å². The van der Waals surface area contributed by atoms with Crippen LogP contribution in [0.25, 0.3) is 0 Å². The molecule has 0 aliphatic heterocycles. The van der Waals surface area contributed by atoms with Gasteiger partial charge in [-0.2, -0.15) is 0 Å². The third-order valence-corrected chi connectivity index (χ3v) is 4.44. The van der Waals surface area contributed by atoms with Crippen molar-refractivity contribution >= 4 is 11.7 Å². The summed E-state index contributed by atoms with van der Waals surface area (Å²) < 4.78 is 0. The minimum absolute atomic E-state index is 0.00708. The van der Waals surface area contributed by atoms with Crippen LogP contribution in [-0.4, -0.2) is 16.1 Å². The number of carboxylic acids is 1. The summed E-state index contributed by atoms with van der Waals surface area (Å²) >= 11 is 0. The zero-order valence-electron chi connectivity index (χ0n) is 11.5. The van der Waals surface area contributed by atoms with Gasteiger partial charge < -0.3 is 10.8 Å². The first-order valence-corrected chi connectivity index (χ1v) is 6.93. The van der Waals surface area contributed by atoms with Gasteiger partial charge in [0, 0.05) is 24.0 Å². The number of carboxylic acid groups (broad SMARTS) is 1. The minimum atomic E-state index is -0.713. The summed E-state index contributed by atoms with van der Waals surface area (Å²) in [7, 11) is 0. The van der Waals surface area contributed by atoms with Gasteiger partial charge in [-0.3, -0.25) is 9.78 Å². The molecule has 1 aliphatic carbocycles. The lowest BCUT2D eigenvalue weighted by Gasteiger charge is -2.36. The number of aromatic nitrogens is 1. The predicted molar refractivity (Wildman–Crippen MR) is 74.7 cm³/mol. The molecule has 0 amide bonds. The number of nitrogens with zero attached hydrogens (tertiary/aromatic N) is 1. The molecular formula is C15H22N2O2. The summed E-state index contributed by atoms with van der Waals surface area (Å²) in [6, 6.07) is 1.76. The van der Waals surface area contributed by atoms with E-state index in [1.54, 1.807) is 18.5 Å². The highest BCUT2D eigenvalue weighted by Gasteiger charge is 2.37. The molecule has 3 atom stereocenters. The lowest BCUT2D eigenvalue weighted by Crippen LogP contribution is -2.31. The van der Waals surface area contributed by atoms with E-state index in [9.17, 15) is 9.90 Å². The molecule has 1 aromatic rings. The van der Waals surface area contributed by atoms with Crippen molar-refractivity contribution in [3.8, 4) is 0 Å². The summed E-state index contributed by atoms with van der Waals surface area (Å²) in [4.78, 5) is 15.6. The Balaban J connectivity index is 2.31. The Bertz CT molecular complexity index is 459. The van der Waals surface area contributed by atoms with E-state index in [0.29, 0.717) is 17.5 Å². The Kier molecular flexibility index (Phi) is 4.08. The van der Waals surface area contributed by atoms with E-state index in [1.807, 2.05) is 0 Å². The van der Waals surface area contributed by atoms with E-state index < -0.39 is 5.97 Å². The second-order valence-electron chi connectivity index (χ2n) is 5.87. The number of pyridine rings is 1. The van der Waals surface area contributed by atoms with Gasteiger partial charge in [-0.25, -0.2) is 0 Å². The average Bonchev–Trinajstić information content (AvgIpc) is 2.38. The molecule has 0 radical (unpaired) electrons. The number of nitrogen functional groups attached to an aromatic ring is 1. The smallest absolute Gasteiger partial charge is 0.307 e. The van der Waals surface area contributed by atoms with Crippen LogP contribution in [0.1, 0.15) is 44.6 Å². The van der Waals surface area contributed by atoms with Crippen LogP contribution in [0.5, 0.6) is 0 Å². The van der Waals surface area contributed by atoms with E-state index in [2.05, 4.69) is 18.8 Å². The van der Waals surface area contributed by atoms with Crippen LogP contribution in [0.4, 0.5) is 5.69 Å². The van der Waals surface area contributed by atoms with Crippen molar-refractivity contribution < 1.29 is 9.90 Å². The van der Waals surface area contributed by atoms with Gasteiger partial charge in [0.25, 0.3) is 0 Å². The summed E-state index contributed by atoms with van der Waals surface area (Å²) in [6.07, 6.45) is 6.00. The third-order valence-electron chi connectivity index (χ3n) is 4.44. The van der Waals surface area contributed by atoms with Crippen LogP contribution in [0.2, 0.25) is 0 Å². The number of anilines is 1. The molecule has 0 bridgehead atoms. The van der Waals surface area contributed by atoms with Crippen molar-refractivity contribution in [1.82, 2.24) is 4.98 Å². The van der Waals surface area contributed by atoms with E-state index in [0.717, 1.165) is 24.8 Å². The SMILES string of the molecule is CC(C)C1CCC(C(=O)O)C(c2cnccc2N)C1. The zero-order valence-corrected chi connectivity index (χ0v) is 11.5. The molecule has 0 spiro atoms. The number of aliphatic carboxylic acids is 1. The molecule has 1 heterocycles. The Morgan fingerprint density at radius 2 is 2.21 bits per heavy atom. The van der Waals surface area contributed by atoms with E-state index in [-0.39, 0.29) is 11.8 Å². The molecule has 1 fully saturated rings. The lowest BCUT2D eigenvalue weighted by atomic mass is 9.68. The summed E-state index contributed by atoms with van der Waals surface area (Å²) in [6.45, 7) is 4.41. The van der Waals surface area contributed by atoms with E-state index >= 15 is 0 Å². The first-order chi connectivity index (χ1) is 9.00. The van der Waals surface area contributed by atoms with Crippen LogP contribution in [0.15, 0.2) is 18.5 Å².